The minimum absolute atomic E-state index is 0. The Morgan fingerprint density at radius 1 is 0.313 bits per heavy atom. The van der Waals surface area contributed by atoms with Crippen molar-refractivity contribution in [2.75, 3.05) is 13.2 Å². The largest absolute Gasteiger partial charge is 0.385 e. The molecule has 1 saturated heterocycles. The number of aliphatic hydroxyl groups is 1. The van der Waals surface area contributed by atoms with Gasteiger partial charge in [0.05, 0.1) is 5.60 Å². The van der Waals surface area contributed by atoms with Crippen LogP contribution in [-0.4, -0.2) is 18.3 Å². The zero-order chi connectivity index (χ0) is 93.7. The molecule has 1 atom stereocenters. The highest BCUT2D eigenvalue weighted by atomic mass is 19.2. The van der Waals surface area contributed by atoms with Crippen LogP contribution in [0.4, 0.5) is 70.2 Å². The summed E-state index contributed by atoms with van der Waals surface area (Å²) in [5.41, 5.74) is 6.08. The monoisotopic (exact) mass is 1890 g/mol. The molecular formula is C116H156F16O2. The molecule has 744 valence electrons. The molecule has 6 aliphatic rings. The molecule has 2 nitrogen and oxygen atoms in total. The van der Waals surface area contributed by atoms with Crippen molar-refractivity contribution >= 4 is 5.57 Å². The summed E-state index contributed by atoms with van der Waals surface area (Å²) in [6, 6.07) is 20.0. The van der Waals surface area contributed by atoms with Gasteiger partial charge >= 0.3 is 0 Å². The molecule has 0 spiro atoms. The van der Waals surface area contributed by atoms with Crippen LogP contribution in [0.2, 0.25) is 0 Å². The average molecular weight is 1890 g/mol. The summed E-state index contributed by atoms with van der Waals surface area (Å²) in [6.45, 7) is 18.3. The lowest BCUT2D eigenvalue weighted by atomic mass is 9.73. The Morgan fingerprint density at radius 2 is 0.657 bits per heavy atom. The molecule has 8 aromatic carbocycles. The van der Waals surface area contributed by atoms with Crippen LogP contribution in [0.15, 0.2) is 91.0 Å². The van der Waals surface area contributed by atoms with Gasteiger partial charge < -0.3 is 9.84 Å². The maximum absolute atomic E-state index is 15.2. The van der Waals surface area contributed by atoms with Crippen LogP contribution >= 0.6 is 0 Å². The molecule has 0 radical (unpaired) electrons. The molecule has 8 aromatic rings. The second-order valence-electron chi connectivity index (χ2n) is 38.1. The summed E-state index contributed by atoms with van der Waals surface area (Å²) < 4.78 is 236. The fraction of sp³-hybridized carbons (Fsp3) is 0.569. The van der Waals surface area contributed by atoms with E-state index in [2.05, 4.69) is 33.8 Å². The van der Waals surface area contributed by atoms with Gasteiger partial charge in [-0.05, 0) is 328 Å². The van der Waals surface area contributed by atoms with Crippen molar-refractivity contribution in [1.29, 1.82) is 0 Å². The third-order valence-corrected chi connectivity index (χ3v) is 28.0. The van der Waals surface area contributed by atoms with Gasteiger partial charge in [-0.3, -0.25) is 0 Å². The Balaban J connectivity index is 0.000000267. The third kappa shape index (κ3) is 31.4. The number of ether oxygens (including phenoxy) is 1. The van der Waals surface area contributed by atoms with Gasteiger partial charge in [0.15, 0.2) is 93.1 Å². The van der Waals surface area contributed by atoms with E-state index in [1.54, 1.807) is 42.5 Å². The lowest BCUT2D eigenvalue weighted by Crippen LogP contribution is -2.33. The summed E-state index contributed by atoms with van der Waals surface area (Å²) in [5.74, 6) is -11.9. The summed E-state index contributed by atoms with van der Waals surface area (Å²) in [6.07, 6.45) is 42.0. The van der Waals surface area contributed by atoms with Crippen molar-refractivity contribution in [3.05, 3.63) is 273 Å². The Labute approximate surface area is 794 Å². The fourth-order valence-electron chi connectivity index (χ4n) is 20.7. The number of aryl methyl sites for hydroxylation is 4. The standard InChI is InChI=1S/C27H34F4O.C27H32F4.C27H34F4.C27H32F4.C4H8O.4CH4/c1-3-5-6-8-18-9-11-27(32,12-10-18)22-15-20(17-24(29)26(22)31)13-19-14-21(7-4-2)25(30)23(28)16-19;1-3-5-6-8-16-9-11-17(12-10-16)21-15-20-14-19-13-18(7-4-2)24(28)26(30)22(19)23(20)27(31)25(21)29;2*1-3-5-6-8-18-9-11-21(12-10-18)23-15-20(17-25(29)27(23)31)13-19-14-22(7-4-2)26(30)24(28)16-19;1-2-4-5-3-1;;;;/h14-18,32H,3-13H2,1-2H3;13,15-17H,3-12,14H2,1-2H3;14-18,21H,3-13H2,1-2H3;11,14-18H,3-10,12-13H2,1-2H3;1-4H2;4*1H4. The van der Waals surface area contributed by atoms with Gasteiger partial charge in [-0.2, -0.15) is 0 Å². The Kier molecular flexibility index (Phi) is 48.9. The quantitative estimate of drug-likeness (QED) is 0.0322. The summed E-state index contributed by atoms with van der Waals surface area (Å²) in [4.78, 5) is 0. The predicted octanol–water partition coefficient (Wildman–Crippen LogP) is 36.9. The average Bonchev–Trinajstić information content (AvgIpc) is 1.58. The second-order valence-corrected chi connectivity index (χ2v) is 38.1. The van der Waals surface area contributed by atoms with Crippen molar-refractivity contribution < 1.29 is 80.1 Å². The second kappa shape index (κ2) is 57.0. The van der Waals surface area contributed by atoms with Crippen molar-refractivity contribution in [3.8, 4) is 11.1 Å². The molecule has 1 unspecified atom stereocenters. The third-order valence-electron chi connectivity index (χ3n) is 28.0. The number of fused-ring (bicyclic) bond motifs is 3. The maximum atomic E-state index is 15.2. The fourth-order valence-corrected chi connectivity index (χ4v) is 20.7. The zero-order valence-electron chi connectivity index (χ0n) is 78.3. The predicted molar refractivity (Wildman–Crippen MR) is 521 cm³/mol. The number of hydrogen-bond acceptors (Lipinski definition) is 2. The first-order valence-electron chi connectivity index (χ1n) is 49.4. The smallest absolute Gasteiger partial charge is 0.167 e. The van der Waals surface area contributed by atoms with Crippen LogP contribution < -0.4 is 0 Å². The van der Waals surface area contributed by atoms with Gasteiger partial charge in [-0.15, -0.1) is 0 Å². The first kappa shape index (κ1) is 115. The lowest BCUT2D eigenvalue weighted by molar-refractivity contribution is -0.0188. The minimum Gasteiger partial charge on any atom is -0.385 e. The van der Waals surface area contributed by atoms with E-state index in [-0.39, 0.29) is 83.1 Å². The van der Waals surface area contributed by atoms with Crippen LogP contribution in [0, 0.1) is 117 Å². The molecule has 4 fully saturated rings. The molecule has 18 heteroatoms. The number of benzene rings is 8. The molecule has 1 heterocycles. The molecule has 0 bridgehead atoms. The van der Waals surface area contributed by atoms with Gasteiger partial charge in [0, 0.05) is 35.5 Å². The van der Waals surface area contributed by atoms with Gasteiger partial charge in [0.1, 0.15) is 0 Å². The number of rotatable bonds is 34. The number of halogens is 16. The highest BCUT2D eigenvalue weighted by Crippen LogP contribution is 2.49. The molecule has 5 aliphatic carbocycles. The van der Waals surface area contributed by atoms with Gasteiger partial charge in [0.25, 0.3) is 0 Å². The normalized spacial score (nSPS) is 18.8. The molecule has 0 aromatic heterocycles. The van der Waals surface area contributed by atoms with Crippen molar-refractivity contribution in [3.63, 3.8) is 0 Å². The van der Waals surface area contributed by atoms with Crippen molar-refractivity contribution in [2.24, 2.45) is 23.7 Å². The topological polar surface area (TPSA) is 29.5 Å². The lowest BCUT2D eigenvalue weighted by Gasteiger charge is -2.37. The number of allylic oxidation sites excluding steroid dienone is 2. The summed E-state index contributed by atoms with van der Waals surface area (Å²) >= 11 is 0. The van der Waals surface area contributed by atoms with Crippen LogP contribution in [0.1, 0.15) is 424 Å². The molecule has 134 heavy (non-hydrogen) atoms. The van der Waals surface area contributed by atoms with Crippen LogP contribution in [-0.2, 0) is 61.7 Å². The highest BCUT2D eigenvalue weighted by molar-refractivity contribution is 5.79. The van der Waals surface area contributed by atoms with Gasteiger partial charge in [-0.1, -0.05) is 256 Å². The Bertz CT molecular complexity index is 4970. The molecule has 1 N–H and O–H groups in total. The zero-order valence-corrected chi connectivity index (χ0v) is 78.3. The van der Waals surface area contributed by atoms with Gasteiger partial charge in [-0.25, -0.2) is 70.2 Å². The van der Waals surface area contributed by atoms with Gasteiger partial charge in [0.2, 0.25) is 0 Å². The van der Waals surface area contributed by atoms with E-state index in [1.807, 2.05) is 27.7 Å². The molecule has 3 saturated carbocycles. The highest BCUT2D eigenvalue weighted by Gasteiger charge is 2.39. The van der Waals surface area contributed by atoms with E-state index < -0.39 is 98.7 Å². The van der Waals surface area contributed by atoms with Crippen LogP contribution in [0.3, 0.4) is 0 Å². The first-order valence-corrected chi connectivity index (χ1v) is 49.4. The van der Waals surface area contributed by atoms with E-state index in [9.17, 15) is 66.6 Å². The van der Waals surface area contributed by atoms with E-state index in [0.29, 0.717) is 172 Å². The van der Waals surface area contributed by atoms with E-state index in [4.69, 9.17) is 4.74 Å². The SMILES string of the molecule is C.C.C.C.C1CCOC1.CCCCCC1CC=C(c2cc(Cc3cc(F)c(F)c(CCC)c3)cc(F)c2F)CC1.CCCCCC1CCC(O)(c2cc(Cc3cc(F)c(F)c(CCC)c3)cc(F)c2F)CC1.CCCCCC1CCC(c2cc(Cc3cc(F)c(F)c(CCC)c3)cc(F)c2F)CC1.CCCCCC1CCC(c2cc3c(c(F)c2F)-c2c(cc(CCC)c(F)c2F)C3)CC1. The van der Waals surface area contributed by atoms with Crippen molar-refractivity contribution in [2.45, 2.75) is 391 Å². The number of unbranched alkanes of at least 4 members (excludes halogenated alkanes) is 8. The molecular weight excluding hydrogens is 1730 g/mol. The van der Waals surface area contributed by atoms with E-state index in [1.165, 1.54) is 108 Å². The van der Waals surface area contributed by atoms with E-state index >= 15 is 8.78 Å². The molecule has 14 rings (SSSR count). The minimum atomic E-state index is -1.40. The molecule has 0 amide bonds. The van der Waals surface area contributed by atoms with E-state index in [0.717, 1.165) is 152 Å². The number of hydrogen-bond donors (Lipinski definition) is 1. The first-order chi connectivity index (χ1) is 62.6. The van der Waals surface area contributed by atoms with Crippen LogP contribution in [0.25, 0.3) is 16.7 Å². The van der Waals surface area contributed by atoms with Crippen LogP contribution in [0.5, 0.6) is 0 Å². The Hall–Kier alpha value is -7.70. The summed E-state index contributed by atoms with van der Waals surface area (Å²) in [7, 11) is 0. The Morgan fingerprint density at radius 3 is 1.04 bits per heavy atom. The van der Waals surface area contributed by atoms with Crippen molar-refractivity contribution in [1.82, 2.24) is 0 Å². The maximum Gasteiger partial charge on any atom is 0.167 e. The summed E-state index contributed by atoms with van der Waals surface area (Å²) in [5, 5.41) is 11.2. The molecule has 1 aliphatic heterocycles.